The molecule has 0 bridgehead atoms. The van der Waals surface area contributed by atoms with Crippen LogP contribution in [0.25, 0.3) is 76.3 Å². The molecular formula is C60H36N2S. The van der Waals surface area contributed by atoms with Crippen LogP contribution in [0.15, 0.2) is 218 Å². The predicted octanol–water partition coefficient (Wildman–Crippen LogP) is 14.9. The number of thiophene rings is 1. The van der Waals surface area contributed by atoms with Crippen molar-refractivity contribution >= 4 is 31.5 Å². The molecule has 3 aliphatic rings. The lowest BCUT2D eigenvalue weighted by atomic mass is 9.52. The lowest BCUT2D eigenvalue weighted by Gasteiger charge is -2.49. The van der Waals surface area contributed by atoms with Crippen LogP contribution in [0, 0.1) is 0 Å². The number of nitrogens with zero attached hydrogens (tertiary/aromatic N) is 2. The molecule has 0 radical (unpaired) electrons. The van der Waals surface area contributed by atoms with Crippen LogP contribution >= 0.6 is 11.3 Å². The second-order valence-electron chi connectivity index (χ2n) is 17.1. The van der Waals surface area contributed by atoms with Crippen LogP contribution in [0.1, 0.15) is 44.5 Å². The molecule has 3 aliphatic carbocycles. The normalized spacial score (nSPS) is 14.3. The molecule has 0 atom stereocenters. The molecule has 0 saturated carbocycles. The first-order chi connectivity index (χ1) is 31.2. The molecule has 11 aromatic rings. The molecule has 3 heteroatoms. The second kappa shape index (κ2) is 12.9. The summed E-state index contributed by atoms with van der Waals surface area (Å²) in [4.78, 5) is 10.8. The first-order valence-electron chi connectivity index (χ1n) is 21.7. The van der Waals surface area contributed by atoms with Crippen LogP contribution in [0.2, 0.25) is 0 Å². The average Bonchev–Trinajstić information content (AvgIpc) is 3.98. The maximum atomic E-state index is 5.54. The fourth-order valence-corrected chi connectivity index (χ4v) is 13.0. The Labute approximate surface area is 369 Å². The minimum Gasteiger partial charge on any atom is -0.228 e. The number of aromatic nitrogens is 2. The molecule has 0 N–H and O–H groups in total. The molecule has 9 aromatic carbocycles. The van der Waals surface area contributed by atoms with Gasteiger partial charge in [0.25, 0.3) is 0 Å². The molecule has 2 nitrogen and oxygen atoms in total. The van der Waals surface area contributed by atoms with Gasteiger partial charge in [0.1, 0.15) is 0 Å². The van der Waals surface area contributed by atoms with Crippen molar-refractivity contribution in [3.8, 4) is 56.2 Å². The van der Waals surface area contributed by atoms with Gasteiger partial charge in [0.15, 0.2) is 5.82 Å². The highest BCUT2D eigenvalue weighted by molar-refractivity contribution is 7.25. The van der Waals surface area contributed by atoms with Crippen molar-refractivity contribution in [1.82, 2.24) is 9.97 Å². The minimum absolute atomic E-state index is 0.527. The van der Waals surface area contributed by atoms with E-state index < -0.39 is 10.8 Å². The molecule has 2 spiro atoms. The van der Waals surface area contributed by atoms with Gasteiger partial charge in [-0.2, -0.15) is 0 Å². The standard InChI is InChI=1S/C60H36N2S/c1-3-18-37(19-4-1)53-36-54(62-58(61-53)38-20-5-2-6-21-38)43-26-17-25-42-44-34-45-41-24-9-16-33-55(41)63-56(45)35-52(44)60(57(42)43)50-31-14-12-29-48(50)59(49-30-13-15-32-51(49)60)46-27-10-7-22-39(46)40-23-8-11-28-47(40)59/h1-36H. The zero-order valence-electron chi connectivity index (χ0n) is 34.1. The Bertz CT molecular complexity index is 3540. The third-order valence-corrected chi connectivity index (χ3v) is 15.3. The Morgan fingerprint density at radius 2 is 0.810 bits per heavy atom. The summed E-state index contributed by atoms with van der Waals surface area (Å²) in [6, 6.07) is 81.0. The Kier molecular flexibility index (Phi) is 7.15. The topological polar surface area (TPSA) is 25.8 Å². The lowest BCUT2D eigenvalue weighted by molar-refractivity contribution is 0.634. The number of hydrogen-bond acceptors (Lipinski definition) is 3. The van der Waals surface area contributed by atoms with Crippen LogP contribution in [-0.2, 0) is 10.8 Å². The van der Waals surface area contributed by atoms with Crippen molar-refractivity contribution in [3.05, 3.63) is 263 Å². The Morgan fingerprint density at radius 1 is 0.302 bits per heavy atom. The maximum Gasteiger partial charge on any atom is 0.160 e. The molecule has 0 aliphatic heterocycles. The van der Waals surface area contributed by atoms with Gasteiger partial charge < -0.3 is 0 Å². The van der Waals surface area contributed by atoms with Crippen molar-refractivity contribution in [2.45, 2.75) is 10.8 Å². The van der Waals surface area contributed by atoms with E-state index in [0.717, 1.165) is 28.1 Å². The largest absolute Gasteiger partial charge is 0.228 e. The van der Waals surface area contributed by atoms with E-state index in [1.807, 2.05) is 11.3 Å². The fraction of sp³-hybridized carbons (Fsp3) is 0.0333. The Morgan fingerprint density at radius 3 is 1.48 bits per heavy atom. The van der Waals surface area contributed by atoms with Crippen molar-refractivity contribution in [2.24, 2.45) is 0 Å². The zero-order valence-corrected chi connectivity index (χ0v) is 34.9. The molecule has 0 saturated heterocycles. The highest BCUT2D eigenvalue weighted by Crippen LogP contribution is 2.68. The molecule has 0 unspecified atom stereocenters. The molecule has 14 rings (SSSR count). The highest BCUT2D eigenvalue weighted by Gasteiger charge is 2.59. The van der Waals surface area contributed by atoms with Gasteiger partial charge in [0, 0.05) is 36.9 Å². The van der Waals surface area contributed by atoms with Crippen LogP contribution in [-0.4, -0.2) is 9.97 Å². The molecule has 0 fully saturated rings. The average molecular weight is 817 g/mol. The number of fused-ring (bicyclic) bond motifs is 19. The molecule has 292 valence electrons. The first kappa shape index (κ1) is 34.9. The number of benzene rings is 9. The van der Waals surface area contributed by atoms with Gasteiger partial charge in [0.2, 0.25) is 0 Å². The van der Waals surface area contributed by atoms with Gasteiger partial charge in [-0.1, -0.05) is 194 Å². The van der Waals surface area contributed by atoms with E-state index in [4.69, 9.17) is 9.97 Å². The van der Waals surface area contributed by atoms with E-state index in [2.05, 4.69) is 218 Å². The summed E-state index contributed by atoms with van der Waals surface area (Å²) >= 11 is 1.90. The van der Waals surface area contributed by atoms with Gasteiger partial charge >= 0.3 is 0 Å². The molecule has 0 amide bonds. The summed E-state index contributed by atoms with van der Waals surface area (Å²) in [5.41, 5.74) is 19.4. The van der Waals surface area contributed by atoms with Gasteiger partial charge in [-0.25, -0.2) is 9.97 Å². The zero-order chi connectivity index (χ0) is 41.3. The van der Waals surface area contributed by atoms with Gasteiger partial charge in [-0.15, -0.1) is 11.3 Å². The summed E-state index contributed by atoms with van der Waals surface area (Å²) in [5, 5.41) is 2.60. The van der Waals surface area contributed by atoms with E-state index in [1.54, 1.807) is 0 Å². The van der Waals surface area contributed by atoms with Gasteiger partial charge in [-0.3, -0.25) is 0 Å². The number of rotatable bonds is 3. The van der Waals surface area contributed by atoms with Crippen molar-refractivity contribution < 1.29 is 0 Å². The predicted molar refractivity (Wildman–Crippen MR) is 259 cm³/mol. The quantitative estimate of drug-likeness (QED) is 0.177. The third-order valence-electron chi connectivity index (χ3n) is 14.2. The minimum atomic E-state index is -0.693. The van der Waals surface area contributed by atoms with Crippen molar-refractivity contribution in [1.29, 1.82) is 0 Å². The fourth-order valence-electron chi connectivity index (χ4n) is 11.8. The summed E-state index contributed by atoms with van der Waals surface area (Å²) < 4.78 is 2.61. The highest BCUT2D eigenvalue weighted by atomic mass is 32.1. The summed E-state index contributed by atoms with van der Waals surface area (Å²) in [6.07, 6.45) is 0. The molecule has 2 heterocycles. The van der Waals surface area contributed by atoms with E-state index in [1.165, 1.54) is 86.9 Å². The maximum absolute atomic E-state index is 5.54. The van der Waals surface area contributed by atoms with Gasteiger partial charge in [-0.05, 0) is 91.0 Å². The Hall–Kier alpha value is -7.72. The van der Waals surface area contributed by atoms with Crippen molar-refractivity contribution in [3.63, 3.8) is 0 Å². The first-order valence-corrected chi connectivity index (χ1v) is 22.6. The van der Waals surface area contributed by atoms with E-state index in [9.17, 15) is 0 Å². The molecule has 2 aromatic heterocycles. The number of hydrogen-bond donors (Lipinski definition) is 0. The van der Waals surface area contributed by atoms with Crippen LogP contribution in [0.3, 0.4) is 0 Å². The van der Waals surface area contributed by atoms with Crippen LogP contribution in [0.5, 0.6) is 0 Å². The van der Waals surface area contributed by atoms with E-state index in [0.29, 0.717) is 5.82 Å². The van der Waals surface area contributed by atoms with E-state index >= 15 is 0 Å². The Balaban J connectivity index is 1.16. The lowest BCUT2D eigenvalue weighted by Crippen LogP contribution is -2.44. The third kappa shape index (κ3) is 4.51. The van der Waals surface area contributed by atoms with Crippen LogP contribution in [0.4, 0.5) is 0 Å². The second-order valence-corrected chi connectivity index (χ2v) is 18.2. The van der Waals surface area contributed by atoms with Gasteiger partial charge in [0.05, 0.1) is 22.2 Å². The SMILES string of the molecule is c1ccc(-c2cc(-c3cccc4c3C3(c5cc6sc7ccccc7c6cc5-4)c4ccccc4C4(c5ccccc5-c5ccccc54)c4ccccc43)nc(-c3ccccc3)n2)cc1. The smallest absolute Gasteiger partial charge is 0.160 e. The van der Waals surface area contributed by atoms with E-state index in [-0.39, 0.29) is 0 Å². The monoisotopic (exact) mass is 816 g/mol. The molecule has 63 heavy (non-hydrogen) atoms. The summed E-state index contributed by atoms with van der Waals surface area (Å²) in [6.45, 7) is 0. The van der Waals surface area contributed by atoms with Crippen molar-refractivity contribution in [2.75, 3.05) is 0 Å². The summed E-state index contributed by atoms with van der Waals surface area (Å²) in [7, 11) is 0. The summed E-state index contributed by atoms with van der Waals surface area (Å²) in [5.74, 6) is 0.712. The van der Waals surface area contributed by atoms with Crippen LogP contribution < -0.4 is 0 Å². The molecular weight excluding hydrogens is 781 g/mol.